The molecule has 0 fully saturated rings. The van der Waals surface area contributed by atoms with Gasteiger partial charge in [0.2, 0.25) is 0 Å². The van der Waals surface area contributed by atoms with E-state index in [-0.39, 0.29) is 25.7 Å². The third kappa shape index (κ3) is 64.6. The topological polar surface area (TPSA) is 237 Å². The van der Waals surface area contributed by atoms with Crippen molar-refractivity contribution in [2.75, 3.05) is 39.6 Å². The molecule has 0 rings (SSSR count). The number of phosphoric acid groups is 2. The third-order valence-electron chi connectivity index (χ3n) is 16.2. The van der Waals surface area contributed by atoms with E-state index in [4.69, 9.17) is 37.0 Å². The molecule has 89 heavy (non-hydrogen) atoms. The maximum atomic E-state index is 13.0. The summed E-state index contributed by atoms with van der Waals surface area (Å²) in [6.07, 6.45) is 47.2. The minimum absolute atomic E-state index is 0.107. The zero-order valence-electron chi connectivity index (χ0n) is 57.7. The Labute approximate surface area is 543 Å². The molecule has 0 aromatic carbocycles. The molecule has 0 aromatic heterocycles. The molecule has 0 aliphatic rings. The second kappa shape index (κ2) is 62.2. The minimum Gasteiger partial charge on any atom is -0.462 e. The molecule has 5 atom stereocenters. The Morgan fingerprint density at radius 3 is 0.764 bits per heavy atom. The second-order valence-electron chi connectivity index (χ2n) is 26.2. The van der Waals surface area contributed by atoms with Crippen LogP contribution < -0.4 is 0 Å². The number of esters is 4. The summed E-state index contributed by atoms with van der Waals surface area (Å²) in [5.41, 5.74) is 0. The van der Waals surface area contributed by atoms with Gasteiger partial charge in [0, 0.05) is 25.7 Å². The maximum Gasteiger partial charge on any atom is 0.472 e. The highest BCUT2D eigenvalue weighted by Crippen LogP contribution is 2.45. The summed E-state index contributed by atoms with van der Waals surface area (Å²) in [5, 5.41) is 10.6. The summed E-state index contributed by atoms with van der Waals surface area (Å²) in [6.45, 7) is 9.53. The zero-order valence-corrected chi connectivity index (χ0v) is 59.5. The molecular formula is C70H136O17P2. The first-order valence-corrected chi connectivity index (χ1v) is 39.5. The number of rotatable bonds is 69. The van der Waals surface area contributed by atoms with Gasteiger partial charge in [-0.3, -0.25) is 37.3 Å². The van der Waals surface area contributed by atoms with Crippen molar-refractivity contribution in [2.45, 2.75) is 374 Å². The van der Waals surface area contributed by atoms with E-state index in [1.807, 2.05) is 0 Å². The predicted octanol–water partition coefficient (Wildman–Crippen LogP) is 20.0. The van der Waals surface area contributed by atoms with E-state index in [1.165, 1.54) is 161 Å². The van der Waals surface area contributed by atoms with Crippen LogP contribution in [0.1, 0.15) is 356 Å². The molecule has 17 nitrogen and oxygen atoms in total. The molecule has 3 N–H and O–H groups in total. The summed E-state index contributed by atoms with van der Waals surface area (Å²) in [5.74, 6) is -0.568. The second-order valence-corrected chi connectivity index (χ2v) is 29.1. The molecule has 2 unspecified atom stereocenters. The van der Waals surface area contributed by atoms with Crippen LogP contribution in [0.25, 0.3) is 0 Å². The molecule has 0 spiro atoms. The van der Waals surface area contributed by atoms with E-state index in [0.717, 1.165) is 115 Å². The average molecular weight is 1310 g/mol. The maximum absolute atomic E-state index is 13.0. The quantitative estimate of drug-likeness (QED) is 0.0222. The number of ether oxygens (including phenoxy) is 4. The van der Waals surface area contributed by atoms with Gasteiger partial charge < -0.3 is 33.8 Å². The fourth-order valence-electron chi connectivity index (χ4n) is 10.6. The SMILES string of the molecule is CCCCCCCCCCCCCCC(=O)O[C@H](COC(=O)CCCCCCCCC)COP(=O)(O)OC[C@H](O)COP(=O)(O)OC[C@@H](COC(=O)CCCCCCCCCCCCCCC(C)C)OC(=O)CCCCCCCCCCCCCCC(C)C. The summed E-state index contributed by atoms with van der Waals surface area (Å²) in [6, 6.07) is 0. The predicted molar refractivity (Wildman–Crippen MR) is 358 cm³/mol. The summed E-state index contributed by atoms with van der Waals surface area (Å²) in [7, 11) is -9.89. The third-order valence-corrected chi connectivity index (χ3v) is 18.1. The number of carbonyl (C=O) groups excluding carboxylic acids is 4. The first-order valence-electron chi connectivity index (χ1n) is 36.5. The number of unbranched alkanes of at least 4 members (excludes halogenated alkanes) is 39. The highest BCUT2D eigenvalue weighted by atomic mass is 31.2. The smallest absolute Gasteiger partial charge is 0.462 e. The Hall–Kier alpha value is -1.94. The van der Waals surface area contributed by atoms with Gasteiger partial charge in [-0.05, 0) is 37.5 Å². The molecular weight excluding hydrogens is 1170 g/mol. The Morgan fingerprint density at radius 1 is 0.303 bits per heavy atom. The van der Waals surface area contributed by atoms with Crippen molar-refractivity contribution in [3.05, 3.63) is 0 Å². The van der Waals surface area contributed by atoms with Crippen molar-refractivity contribution in [1.29, 1.82) is 0 Å². The number of hydrogen-bond acceptors (Lipinski definition) is 15. The Morgan fingerprint density at radius 2 is 0.517 bits per heavy atom. The van der Waals surface area contributed by atoms with Crippen molar-refractivity contribution in [2.24, 2.45) is 11.8 Å². The van der Waals surface area contributed by atoms with Gasteiger partial charge in [0.05, 0.1) is 26.4 Å². The van der Waals surface area contributed by atoms with Gasteiger partial charge >= 0.3 is 39.5 Å². The lowest BCUT2D eigenvalue weighted by molar-refractivity contribution is -0.161. The highest BCUT2D eigenvalue weighted by molar-refractivity contribution is 7.47. The van der Waals surface area contributed by atoms with Crippen molar-refractivity contribution >= 4 is 39.5 Å². The molecule has 19 heteroatoms. The zero-order chi connectivity index (χ0) is 65.7. The van der Waals surface area contributed by atoms with Gasteiger partial charge in [0.1, 0.15) is 19.3 Å². The molecule has 0 saturated heterocycles. The van der Waals surface area contributed by atoms with Gasteiger partial charge in [-0.25, -0.2) is 9.13 Å². The van der Waals surface area contributed by atoms with Gasteiger partial charge in [-0.2, -0.15) is 0 Å². The van der Waals surface area contributed by atoms with Crippen molar-refractivity contribution in [1.82, 2.24) is 0 Å². The number of aliphatic hydroxyl groups is 1. The fraction of sp³-hybridized carbons (Fsp3) is 0.943. The molecule has 0 radical (unpaired) electrons. The van der Waals surface area contributed by atoms with Crippen LogP contribution in [0.2, 0.25) is 0 Å². The molecule has 0 bridgehead atoms. The molecule has 0 aliphatic heterocycles. The molecule has 0 aromatic rings. The van der Waals surface area contributed by atoms with Crippen LogP contribution in [0, 0.1) is 11.8 Å². The molecule has 0 aliphatic carbocycles. The van der Waals surface area contributed by atoms with E-state index in [9.17, 15) is 43.2 Å². The van der Waals surface area contributed by atoms with Crippen LogP contribution in [-0.4, -0.2) is 96.7 Å². The van der Waals surface area contributed by atoms with Crippen LogP contribution in [0.15, 0.2) is 0 Å². The van der Waals surface area contributed by atoms with Crippen LogP contribution in [0.3, 0.4) is 0 Å². The average Bonchev–Trinajstić information content (AvgIpc) is 3.65. The monoisotopic (exact) mass is 1310 g/mol. The van der Waals surface area contributed by atoms with Gasteiger partial charge in [-0.15, -0.1) is 0 Å². The molecule has 0 saturated carbocycles. The van der Waals surface area contributed by atoms with E-state index >= 15 is 0 Å². The standard InChI is InChI=1S/C70H136O17P2/c1-7-9-11-13-15-16-17-24-30-36-42-48-54-69(74)86-65(58-80-67(72)52-46-40-32-14-12-10-8-2)60-84-88(76,77)82-56-64(71)57-83-89(78,79)85-61-66(87-70(75)55-49-43-37-31-26-21-19-23-28-34-39-45-51-63(5)6)59-81-68(73)53-47-41-35-29-25-20-18-22-27-33-38-44-50-62(3)4/h62-66,71H,7-61H2,1-6H3,(H,76,77)(H,78,79)/t64-,65+,66+/m0/s1. The summed E-state index contributed by atoms with van der Waals surface area (Å²) < 4.78 is 68.2. The highest BCUT2D eigenvalue weighted by Gasteiger charge is 2.30. The van der Waals surface area contributed by atoms with Gasteiger partial charge in [-0.1, -0.05) is 305 Å². The molecule has 0 amide bonds. The van der Waals surface area contributed by atoms with Gasteiger partial charge in [0.25, 0.3) is 0 Å². The van der Waals surface area contributed by atoms with Crippen LogP contribution in [0.4, 0.5) is 0 Å². The van der Waals surface area contributed by atoms with Crippen molar-refractivity contribution in [3.63, 3.8) is 0 Å². The van der Waals surface area contributed by atoms with Crippen LogP contribution >= 0.6 is 15.6 Å². The number of hydrogen-bond donors (Lipinski definition) is 3. The van der Waals surface area contributed by atoms with Crippen molar-refractivity contribution < 1.29 is 80.2 Å². The van der Waals surface area contributed by atoms with Crippen LogP contribution in [-0.2, 0) is 65.4 Å². The first kappa shape index (κ1) is 87.1. The van der Waals surface area contributed by atoms with Gasteiger partial charge in [0.15, 0.2) is 12.2 Å². The Balaban J connectivity index is 5.21. The summed E-state index contributed by atoms with van der Waals surface area (Å²) >= 11 is 0. The van der Waals surface area contributed by atoms with Crippen LogP contribution in [0.5, 0.6) is 0 Å². The minimum atomic E-state index is -4.95. The Bertz CT molecular complexity index is 1730. The first-order chi connectivity index (χ1) is 42.9. The fourth-order valence-corrected chi connectivity index (χ4v) is 12.2. The summed E-state index contributed by atoms with van der Waals surface area (Å²) in [4.78, 5) is 72.4. The van der Waals surface area contributed by atoms with E-state index in [2.05, 4.69) is 41.5 Å². The van der Waals surface area contributed by atoms with E-state index in [1.54, 1.807) is 0 Å². The van der Waals surface area contributed by atoms with Crippen molar-refractivity contribution in [3.8, 4) is 0 Å². The lowest BCUT2D eigenvalue weighted by atomic mass is 10.0. The normalized spacial score (nSPS) is 14.1. The number of carbonyl (C=O) groups is 4. The lowest BCUT2D eigenvalue weighted by Gasteiger charge is -2.21. The Kier molecular flexibility index (Phi) is 60.8. The number of aliphatic hydroxyl groups excluding tert-OH is 1. The molecule has 528 valence electrons. The molecule has 0 heterocycles. The van der Waals surface area contributed by atoms with E-state index < -0.39 is 97.5 Å². The number of phosphoric ester groups is 2. The lowest BCUT2D eigenvalue weighted by Crippen LogP contribution is -2.30. The largest absolute Gasteiger partial charge is 0.472 e. The van der Waals surface area contributed by atoms with E-state index in [0.29, 0.717) is 25.7 Å².